The highest BCUT2D eigenvalue weighted by Crippen LogP contribution is 2.26. The highest BCUT2D eigenvalue weighted by Gasteiger charge is 2.19. The summed E-state index contributed by atoms with van der Waals surface area (Å²) >= 11 is 5.90. The predicted molar refractivity (Wildman–Crippen MR) is 74.9 cm³/mol. The molecule has 19 heavy (non-hydrogen) atoms. The van der Waals surface area contributed by atoms with Crippen LogP contribution in [0.5, 0.6) is 0 Å². The van der Waals surface area contributed by atoms with Crippen LogP contribution in [0.15, 0.2) is 18.2 Å². The summed E-state index contributed by atoms with van der Waals surface area (Å²) in [5.41, 5.74) is 0.798. The fourth-order valence-electron chi connectivity index (χ4n) is 2.45. The fraction of sp³-hybridized carbons (Fsp3) is 0.500. The Morgan fingerprint density at radius 2 is 2.00 bits per heavy atom. The van der Waals surface area contributed by atoms with Crippen LogP contribution in [-0.4, -0.2) is 28.8 Å². The average molecular weight is 284 g/mol. The largest absolute Gasteiger partial charge is 0.478 e. The maximum absolute atomic E-state index is 11.1. The van der Waals surface area contributed by atoms with Gasteiger partial charge in [0.15, 0.2) is 0 Å². The first-order valence-corrected chi connectivity index (χ1v) is 6.89. The zero-order valence-electron chi connectivity index (χ0n) is 10.6. The number of benzene rings is 1. The molecule has 0 radical (unpaired) electrons. The molecule has 104 valence electrons. The number of aliphatic hydroxyl groups is 1. The van der Waals surface area contributed by atoms with E-state index in [0.29, 0.717) is 23.2 Å². The van der Waals surface area contributed by atoms with E-state index >= 15 is 0 Å². The van der Waals surface area contributed by atoms with Crippen molar-refractivity contribution in [2.75, 3.05) is 11.9 Å². The maximum Gasteiger partial charge on any atom is 0.337 e. The van der Waals surface area contributed by atoms with Gasteiger partial charge in [0, 0.05) is 11.6 Å². The molecule has 0 bridgehead atoms. The van der Waals surface area contributed by atoms with Crippen LogP contribution in [0.4, 0.5) is 5.69 Å². The minimum Gasteiger partial charge on any atom is -0.478 e. The first kappa shape index (κ1) is 14.2. The zero-order chi connectivity index (χ0) is 13.8. The topological polar surface area (TPSA) is 69.6 Å². The number of rotatable bonds is 4. The van der Waals surface area contributed by atoms with Crippen molar-refractivity contribution in [1.82, 2.24) is 0 Å². The quantitative estimate of drug-likeness (QED) is 0.794. The molecular formula is C14H18ClNO3. The maximum atomic E-state index is 11.1. The van der Waals surface area contributed by atoms with Gasteiger partial charge in [0.25, 0.3) is 0 Å². The van der Waals surface area contributed by atoms with E-state index in [1.165, 1.54) is 6.07 Å². The van der Waals surface area contributed by atoms with E-state index in [1.807, 2.05) is 0 Å². The molecule has 0 amide bonds. The SMILES string of the molecule is O=C(O)c1ccc(Cl)cc1NCC1CCC(O)CC1. The number of aliphatic hydroxyl groups excluding tert-OH is 1. The Bertz CT molecular complexity index is 456. The summed E-state index contributed by atoms with van der Waals surface area (Å²) in [7, 11) is 0. The first-order chi connectivity index (χ1) is 9.06. The summed E-state index contributed by atoms with van der Waals surface area (Å²) in [6.45, 7) is 0.716. The summed E-state index contributed by atoms with van der Waals surface area (Å²) in [6, 6.07) is 4.73. The van der Waals surface area contributed by atoms with Gasteiger partial charge in [-0.25, -0.2) is 4.79 Å². The second kappa shape index (κ2) is 6.26. The molecule has 1 aliphatic rings. The minimum atomic E-state index is -0.960. The number of carboxylic acids is 1. The number of halogens is 1. The van der Waals surface area contributed by atoms with Gasteiger partial charge in [-0.3, -0.25) is 0 Å². The number of hydrogen-bond donors (Lipinski definition) is 3. The van der Waals surface area contributed by atoms with E-state index in [2.05, 4.69) is 5.32 Å². The Hall–Kier alpha value is -1.26. The molecule has 1 aromatic rings. The van der Waals surface area contributed by atoms with Gasteiger partial charge >= 0.3 is 5.97 Å². The van der Waals surface area contributed by atoms with Gasteiger partial charge in [0.2, 0.25) is 0 Å². The van der Waals surface area contributed by atoms with Crippen molar-refractivity contribution in [3.05, 3.63) is 28.8 Å². The van der Waals surface area contributed by atoms with Crippen molar-refractivity contribution in [3.63, 3.8) is 0 Å². The van der Waals surface area contributed by atoms with Gasteiger partial charge in [-0.2, -0.15) is 0 Å². The van der Waals surface area contributed by atoms with E-state index in [9.17, 15) is 9.90 Å². The Kier molecular flexibility index (Phi) is 4.66. The lowest BCUT2D eigenvalue weighted by atomic mass is 9.87. The Balaban J connectivity index is 1.98. The summed E-state index contributed by atoms with van der Waals surface area (Å²) in [6.07, 6.45) is 3.42. The smallest absolute Gasteiger partial charge is 0.337 e. The van der Waals surface area contributed by atoms with Crippen molar-refractivity contribution < 1.29 is 15.0 Å². The lowest BCUT2D eigenvalue weighted by molar-refractivity contribution is 0.0698. The van der Waals surface area contributed by atoms with Crippen LogP contribution < -0.4 is 5.32 Å². The highest BCUT2D eigenvalue weighted by molar-refractivity contribution is 6.31. The van der Waals surface area contributed by atoms with Gasteiger partial charge in [-0.1, -0.05) is 11.6 Å². The number of nitrogens with one attached hydrogen (secondary N) is 1. The summed E-state index contributed by atoms with van der Waals surface area (Å²) < 4.78 is 0. The number of carboxylic acid groups (broad SMARTS) is 1. The third-order valence-electron chi connectivity index (χ3n) is 3.61. The Labute approximate surface area is 117 Å². The number of anilines is 1. The lowest BCUT2D eigenvalue weighted by Crippen LogP contribution is -2.24. The van der Waals surface area contributed by atoms with Gasteiger partial charge in [-0.15, -0.1) is 0 Å². The highest BCUT2D eigenvalue weighted by atomic mass is 35.5. The molecule has 0 aliphatic heterocycles. The van der Waals surface area contributed by atoms with Gasteiger partial charge < -0.3 is 15.5 Å². The van der Waals surface area contributed by atoms with Crippen LogP contribution in [0.1, 0.15) is 36.0 Å². The number of carbonyl (C=O) groups is 1. The molecule has 0 atom stereocenters. The third-order valence-corrected chi connectivity index (χ3v) is 3.84. The van der Waals surface area contributed by atoms with Crippen LogP contribution in [-0.2, 0) is 0 Å². The second-order valence-electron chi connectivity index (χ2n) is 5.05. The normalized spacial score (nSPS) is 23.1. The molecule has 1 aliphatic carbocycles. The lowest BCUT2D eigenvalue weighted by Gasteiger charge is -2.26. The molecule has 0 heterocycles. The van der Waals surface area contributed by atoms with Crippen molar-refractivity contribution in [1.29, 1.82) is 0 Å². The Morgan fingerprint density at radius 3 is 2.63 bits per heavy atom. The van der Waals surface area contributed by atoms with Crippen LogP contribution in [0.25, 0.3) is 0 Å². The molecule has 0 unspecified atom stereocenters. The second-order valence-corrected chi connectivity index (χ2v) is 5.49. The van der Waals surface area contributed by atoms with E-state index in [1.54, 1.807) is 12.1 Å². The molecule has 2 rings (SSSR count). The van der Waals surface area contributed by atoms with Crippen molar-refractivity contribution in [2.24, 2.45) is 5.92 Å². The summed E-state index contributed by atoms with van der Waals surface area (Å²) in [5.74, 6) is -0.484. The molecule has 3 N–H and O–H groups in total. The Morgan fingerprint density at radius 1 is 1.32 bits per heavy atom. The van der Waals surface area contributed by atoms with Crippen LogP contribution in [0, 0.1) is 5.92 Å². The molecule has 0 aromatic heterocycles. The van der Waals surface area contributed by atoms with Crippen molar-refractivity contribution in [3.8, 4) is 0 Å². The molecule has 5 heteroatoms. The standard InChI is InChI=1S/C14H18ClNO3/c15-10-3-6-12(14(18)19)13(7-10)16-8-9-1-4-11(17)5-2-9/h3,6-7,9,11,16-17H,1-2,4-5,8H2,(H,18,19). The van der Waals surface area contributed by atoms with E-state index in [-0.39, 0.29) is 11.7 Å². The van der Waals surface area contributed by atoms with Gasteiger partial charge in [-0.05, 0) is 49.8 Å². The van der Waals surface area contributed by atoms with Crippen LogP contribution >= 0.6 is 11.6 Å². The molecular weight excluding hydrogens is 266 g/mol. The molecule has 4 nitrogen and oxygen atoms in total. The molecule has 0 spiro atoms. The van der Waals surface area contributed by atoms with E-state index in [0.717, 1.165) is 25.7 Å². The van der Waals surface area contributed by atoms with E-state index < -0.39 is 5.97 Å². The molecule has 1 aromatic carbocycles. The third kappa shape index (κ3) is 3.85. The predicted octanol–water partition coefficient (Wildman–Crippen LogP) is 3.00. The number of aromatic carboxylic acids is 1. The minimum absolute atomic E-state index is 0.169. The number of hydrogen-bond acceptors (Lipinski definition) is 3. The van der Waals surface area contributed by atoms with Crippen LogP contribution in [0.2, 0.25) is 5.02 Å². The zero-order valence-corrected chi connectivity index (χ0v) is 11.4. The van der Waals surface area contributed by atoms with Gasteiger partial charge in [0.1, 0.15) is 0 Å². The van der Waals surface area contributed by atoms with Crippen molar-refractivity contribution in [2.45, 2.75) is 31.8 Å². The molecule has 0 saturated heterocycles. The van der Waals surface area contributed by atoms with Gasteiger partial charge in [0.05, 0.1) is 17.4 Å². The first-order valence-electron chi connectivity index (χ1n) is 6.51. The van der Waals surface area contributed by atoms with E-state index in [4.69, 9.17) is 16.7 Å². The molecule has 1 saturated carbocycles. The molecule has 1 fully saturated rings. The summed E-state index contributed by atoms with van der Waals surface area (Å²) in [5, 5.41) is 22.3. The van der Waals surface area contributed by atoms with Crippen LogP contribution in [0.3, 0.4) is 0 Å². The average Bonchev–Trinajstić information content (AvgIpc) is 2.38. The van der Waals surface area contributed by atoms with Crippen molar-refractivity contribution >= 4 is 23.3 Å². The fourth-order valence-corrected chi connectivity index (χ4v) is 2.62. The monoisotopic (exact) mass is 283 g/mol. The summed E-state index contributed by atoms with van der Waals surface area (Å²) in [4.78, 5) is 11.1.